The van der Waals surface area contributed by atoms with Crippen molar-refractivity contribution in [1.29, 1.82) is 0 Å². The van der Waals surface area contributed by atoms with Crippen LogP contribution in [-0.4, -0.2) is 19.9 Å². The van der Waals surface area contributed by atoms with Gasteiger partial charge in [-0.15, -0.1) is 0 Å². The first-order valence-electron chi connectivity index (χ1n) is 17.2. The van der Waals surface area contributed by atoms with Crippen molar-refractivity contribution in [2.24, 2.45) is 0 Å². The lowest BCUT2D eigenvalue weighted by molar-refractivity contribution is 0.656. The number of nitrogens with zero attached hydrogens (tertiary/aromatic N) is 4. The molecule has 6 nitrogen and oxygen atoms in total. The van der Waals surface area contributed by atoms with Crippen LogP contribution in [-0.2, 0) is 0 Å². The summed E-state index contributed by atoms with van der Waals surface area (Å²) in [5.74, 6) is 1.74. The summed E-state index contributed by atoms with van der Waals surface area (Å²) in [7, 11) is 0. The van der Waals surface area contributed by atoms with E-state index in [1.54, 1.807) is 0 Å². The van der Waals surface area contributed by atoms with Gasteiger partial charge in [0.1, 0.15) is 16.7 Å². The number of furan rings is 2. The highest BCUT2D eigenvalue weighted by Crippen LogP contribution is 2.44. The van der Waals surface area contributed by atoms with Crippen LogP contribution in [0.4, 0.5) is 0 Å². The number of rotatable bonds is 4. The number of fused-ring (bicyclic) bond motifs is 8. The summed E-state index contributed by atoms with van der Waals surface area (Å²) in [5, 5.41) is 7.13. The minimum Gasteiger partial charge on any atom is -0.456 e. The second-order valence-electron chi connectivity index (χ2n) is 13.0. The molecule has 6 heteroatoms. The minimum atomic E-state index is 0.572. The highest BCUT2D eigenvalue weighted by Gasteiger charge is 2.23. The van der Waals surface area contributed by atoms with Crippen molar-refractivity contribution >= 4 is 65.7 Å². The van der Waals surface area contributed by atoms with Crippen molar-refractivity contribution in [3.63, 3.8) is 0 Å². The maximum Gasteiger partial charge on any atom is 0.227 e. The van der Waals surface area contributed by atoms with Gasteiger partial charge in [0.25, 0.3) is 0 Å². The topological polar surface area (TPSA) is 77.8 Å². The van der Waals surface area contributed by atoms with E-state index < -0.39 is 0 Å². The summed E-state index contributed by atoms with van der Waals surface area (Å²) in [6, 6.07) is 53.5. The van der Waals surface area contributed by atoms with Crippen LogP contribution < -0.4 is 0 Å². The van der Waals surface area contributed by atoms with Gasteiger partial charge >= 0.3 is 0 Å². The van der Waals surface area contributed by atoms with E-state index in [1.165, 1.54) is 0 Å². The Balaban J connectivity index is 1.24. The van der Waals surface area contributed by atoms with Crippen LogP contribution in [0.2, 0.25) is 0 Å². The maximum atomic E-state index is 6.42. The van der Waals surface area contributed by atoms with Crippen LogP contribution in [0, 0.1) is 0 Å². The van der Waals surface area contributed by atoms with Crippen LogP contribution in [0.3, 0.4) is 0 Å². The summed E-state index contributed by atoms with van der Waals surface area (Å²) in [5.41, 5.74) is 8.59. The van der Waals surface area contributed by atoms with Crippen molar-refractivity contribution in [2.75, 3.05) is 0 Å². The highest BCUT2D eigenvalue weighted by molar-refractivity contribution is 6.17. The summed E-state index contributed by atoms with van der Waals surface area (Å²) >= 11 is 0. The molecule has 4 heterocycles. The fraction of sp³-hybridized carbons (Fsp3) is 0. The van der Waals surface area contributed by atoms with E-state index in [9.17, 15) is 0 Å². The van der Waals surface area contributed by atoms with E-state index in [-0.39, 0.29) is 0 Å². The van der Waals surface area contributed by atoms with E-state index in [4.69, 9.17) is 28.8 Å². The smallest absolute Gasteiger partial charge is 0.227 e. The summed E-state index contributed by atoms with van der Waals surface area (Å²) in [4.78, 5) is 20.6. The van der Waals surface area contributed by atoms with Crippen LogP contribution in [0.5, 0.6) is 0 Å². The molecule has 0 bridgehead atoms. The monoisotopic (exact) mass is 666 g/mol. The molecule has 242 valence electrons. The molecular weight excluding hydrogens is 641 g/mol. The second kappa shape index (κ2) is 11.2. The number of aromatic nitrogens is 4. The largest absolute Gasteiger partial charge is 0.456 e. The molecule has 4 aromatic heterocycles. The van der Waals surface area contributed by atoms with Crippen molar-refractivity contribution in [3.8, 4) is 45.3 Å². The molecule has 0 unspecified atom stereocenters. The molecule has 0 N–H and O–H groups in total. The van der Waals surface area contributed by atoms with Gasteiger partial charge in [-0.3, -0.25) is 0 Å². The molecule has 0 aliphatic carbocycles. The molecule has 0 saturated heterocycles. The molecule has 0 aliphatic rings. The van der Waals surface area contributed by atoms with E-state index in [2.05, 4.69) is 66.7 Å². The van der Waals surface area contributed by atoms with Gasteiger partial charge in [0.2, 0.25) is 5.71 Å². The van der Waals surface area contributed by atoms with Crippen LogP contribution in [0.15, 0.2) is 167 Å². The number of para-hydroxylation sites is 2. The predicted octanol–water partition coefficient (Wildman–Crippen LogP) is 12.0. The molecule has 11 rings (SSSR count). The summed E-state index contributed by atoms with van der Waals surface area (Å²) < 4.78 is 12.7. The summed E-state index contributed by atoms with van der Waals surface area (Å²) in [6.45, 7) is 0. The number of pyridine rings is 1. The lowest BCUT2D eigenvalue weighted by atomic mass is 9.91. The van der Waals surface area contributed by atoms with Crippen LogP contribution in [0.25, 0.3) is 111 Å². The fourth-order valence-corrected chi connectivity index (χ4v) is 7.60. The first-order valence-corrected chi connectivity index (χ1v) is 17.2. The third kappa shape index (κ3) is 4.38. The van der Waals surface area contributed by atoms with Gasteiger partial charge in [0.05, 0.1) is 5.52 Å². The van der Waals surface area contributed by atoms with Crippen LogP contribution in [0.1, 0.15) is 0 Å². The Hall–Kier alpha value is -7.18. The van der Waals surface area contributed by atoms with E-state index in [0.717, 1.165) is 87.8 Å². The Labute approximate surface area is 296 Å². The summed E-state index contributed by atoms with van der Waals surface area (Å²) in [6.07, 6.45) is 0. The Bertz CT molecular complexity index is 3200. The van der Waals surface area contributed by atoms with Crippen molar-refractivity contribution in [1.82, 2.24) is 19.9 Å². The Morgan fingerprint density at radius 3 is 1.90 bits per heavy atom. The average molecular weight is 667 g/mol. The fourth-order valence-electron chi connectivity index (χ4n) is 7.60. The van der Waals surface area contributed by atoms with E-state index in [1.807, 2.05) is 91.0 Å². The van der Waals surface area contributed by atoms with Gasteiger partial charge in [-0.2, -0.15) is 0 Å². The second-order valence-corrected chi connectivity index (χ2v) is 13.0. The molecule has 11 aromatic rings. The molecule has 0 fully saturated rings. The first kappa shape index (κ1) is 28.6. The molecule has 0 atom stereocenters. The van der Waals surface area contributed by atoms with Crippen molar-refractivity contribution in [3.05, 3.63) is 158 Å². The van der Waals surface area contributed by atoms with Gasteiger partial charge in [0.15, 0.2) is 17.5 Å². The zero-order valence-electron chi connectivity index (χ0n) is 27.6. The zero-order valence-corrected chi connectivity index (χ0v) is 27.6. The molecule has 52 heavy (non-hydrogen) atoms. The normalized spacial score (nSPS) is 11.8. The van der Waals surface area contributed by atoms with Crippen molar-refractivity contribution in [2.45, 2.75) is 0 Å². The van der Waals surface area contributed by atoms with Gasteiger partial charge in [-0.05, 0) is 52.2 Å². The maximum absolute atomic E-state index is 6.42. The lowest BCUT2D eigenvalue weighted by Crippen LogP contribution is -2.02. The molecule has 0 aliphatic heterocycles. The van der Waals surface area contributed by atoms with Gasteiger partial charge < -0.3 is 8.83 Å². The number of hydrogen-bond acceptors (Lipinski definition) is 6. The van der Waals surface area contributed by atoms with Gasteiger partial charge in [0, 0.05) is 43.6 Å². The number of benzene rings is 7. The third-order valence-electron chi connectivity index (χ3n) is 9.94. The highest BCUT2D eigenvalue weighted by atomic mass is 16.3. The molecule has 0 radical (unpaired) electrons. The molecule has 0 amide bonds. The lowest BCUT2D eigenvalue weighted by Gasteiger charge is -2.15. The third-order valence-corrected chi connectivity index (χ3v) is 9.94. The number of hydrogen-bond donors (Lipinski definition) is 0. The Morgan fingerprint density at radius 2 is 1.02 bits per heavy atom. The predicted molar refractivity (Wildman–Crippen MR) is 209 cm³/mol. The minimum absolute atomic E-state index is 0.572. The van der Waals surface area contributed by atoms with Crippen molar-refractivity contribution < 1.29 is 8.83 Å². The Kier molecular flexibility index (Phi) is 6.15. The zero-order chi connectivity index (χ0) is 34.2. The van der Waals surface area contributed by atoms with Crippen LogP contribution >= 0.6 is 0 Å². The van der Waals surface area contributed by atoms with Gasteiger partial charge in [-0.25, -0.2) is 19.9 Å². The molecular formula is C46H26N4O2. The molecule has 0 spiro atoms. The van der Waals surface area contributed by atoms with E-state index >= 15 is 0 Å². The molecule has 7 aromatic carbocycles. The van der Waals surface area contributed by atoms with E-state index in [0.29, 0.717) is 23.2 Å². The standard InChI is InChI=1S/C46H26N4O2/c1-2-13-28(14-3-1)43-48-44(34-19-11-22-38-41(34)33-17-7-9-21-37(33)51-38)50-45(49-43)42-30-16-6-4-12-27(30)24-25-32(42)31-18-10-23-39-40(31)35-26-29-15-5-8-20-36(29)47-46(35)52-39/h1-26H. The first-order chi connectivity index (χ1) is 25.8. The molecule has 0 saturated carbocycles. The average Bonchev–Trinajstić information content (AvgIpc) is 3.77. The quantitative estimate of drug-likeness (QED) is 0.186. The van der Waals surface area contributed by atoms with Gasteiger partial charge in [-0.1, -0.05) is 127 Å². The Morgan fingerprint density at radius 1 is 0.365 bits per heavy atom. The SMILES string of the molecule is c1ccc(-c2nc(-c3c(-c4cccc5oc6nc7ccccc7cc6c45)ccc4ccccc34)nc(-c3cccc4oc5ccccc5c34)n2)cc1.